The molecule has 0 saturated carbocycles. The van der Waals surface area contributed by atoms with Gasteiger partial charge in [0, 0.05) is 5.69 Å². The van der Waals surface area contributed by atoms with Crippen molar-refractivity contribution >= 4 is 28.3 Å². The number of halogens is 3. The van der Waals surface area contributed by atoms with Crippen molar-refractivity contribution in [3.8, 4) is 0 Å². The molecule has 1 aliphatic heterocycles. The fourth-order valence-corrected chi connectivity index (χ4v) is 2.92. The number of hydrogen-bond acceptors (Lipinski definition) is 4. The highest BCUT2D eigenvalue weighted by Gasteiger charge is 2.53. The van der Waals surface area contributed by atoms with E-state index in [-0.39, 0.29) is 16.9 Å². The van der Waals surface area contributed by atoms with E-state index in [9.17, 15) is 21.6 Å². The summed E-state index contributed by atoms with van der Waals surface area (Å²) >= 11 is 0. The molecule has 1 aromatic rings. The van der Waals surface area contributed by atoms with Crippen LogP contribution in [0.2, 0.25) is 0 Å². The van der Waals surface area contributed by atoms with Crippen LogP contribution in [0.4, 0.5) is 18.9 Å². The number of rotatable bonds is 4. The van der Waals surface area contributed by atoms with Gasteiger partial charge >= 0.3 is 13.3 Å². The van der Waals surface area contributed by atoms with Gasteiger partial charge in [-0.1, -0.05) is 6.07 Å². The number of hydrogen-bond donors (Lipinski definition) is 1. The average molecular weight is 379 g/mol. The van der Waals surface area contributed by atoms with Gasteiger partial charge < -0.3 is 9.31 Å². The van der Waals surface area contributed by atoms with Crippen molar-refractivity contribution in [3.05, 3.63) is 23.8 Å². The topological polar surface area (TPSA) is 64.6 Å². The molecule has 10 heteroatoms. The summed E-state index contributed by atoms with van der Waals surface area (Å²) < 4.78 is 77.2. The highest BCUT2D eigenvalue weighted by atomic mass is 32.2. The van der Waals surface area contributed by atoms with Crippen LogP contribution in [0.3, 0.4) is 0 Å². The van der Waals surface area contributed by atoms with Crippen molar-refractivity contribution in [2.24, 2.45) is 0 Å². The molecule has 5 nitrogen and oxygen atoms in total. The second-order valence-corrected chi connectivity index (χ2v) is 8.90. The van der Waals surface area contributed by atoms with Gasteiger partial charge in [0.15, 0.2) is 0 Å². The van der Waals surface area contributed by atoms with Gasteiger partial charge in [-0.15, -0.1) is 0 Å². The maximum absolute atomic E-state index is 13.5. The average Bonchev–Trinajstić information content (AvgIpc) is 2.66. The van der Waals surface area contributed by atoms with Crippen molar-refractivity contribution in [2.45, 2.75) is 52.0 Å². The minimum atomic E-state index is -4.69. The van der Waals surface area contributed by atoms with E-state index in [4.69, 9.17) is 9.31 Å². The summed E-state index contributed by atoms with van der Waals surface area (Å²) in [6.45, 7) is 8.35. The number of alkyl halides is 3. The van der Waals surface area contributed by atoms with E-state index < -0.39 is 40.1 Å². The molecule has 0 bridgehead atoms. The molecule has 0 unspecified atom stereocenters. The molecule has 0 aliphatic carbocycles. The van der Waals surface area contributed by atoms with Gasteiger partial charge in [0.1, 0.15) is 0 Å². The fourth-order valence-electron chi connectivity index (χ4n) is 2.29. The Balaban J connectivity index is 2.46. The van der Waals surface area contributed by atoms with E-state index in [1.807, 2.05) is 0 Å². The minimum Gasteiger partial charge on any atom is -0.399 e. The summed E-state index contributed by atoms with van der Waals surface area (Å²) in [5.74, 6) is -0.243. The van der Waals surface area contributed by atoms with Crippen LogP contribution in [0.15, 0.2) is 18.2 Å². The molecule has 0 amide bonds. The van der Waals surface area contributed by atoms with Crippen molar-refractivity contribution in [2.75, 3.05) is 10.5 Å². The van der Waals surface area contributed by atoms with E-state index in [1.165, 1.54) is 19.1 Å². The maximum atomic E-state index is 13.5. The van der Waals surface area contributed by atoms with Crippen LogP contribution in [0.5, 0.6) is 0 Å². The fraction of sp³-hybridized carbons (Fsp3) is 0.600. The molecule has 1 fully saturated rings. The normalized spacial score (nSPS) is 19.9. The molecule has 1 N–H and O–H groups in total. The molecule has 0 spiro atoms. The van der Waals surface area contributed by atoms with Crippen LogP contribution in [-0.4, -0.2) is 32.5 Å². The predicted octanol–water partition coefficient (Wildman–Crippen LogP) is 2.77. The van der Waals surface area contributed by atoms with E-state index >= 15 is 0 Å². The van der Waals surface area contributed by atoms with Crippen LogP contribution in [0.25, 0.3) is 0 Å². The Labute approximate surface area is 146 Å². The van der Waals surface area contributed by atoms with Crippen LogP contribution < -0.4 is 10.2 Å². The number of nitrogens with one attached hydrogen (secondary N) is 1. The zero-order valence-corrected chi connectivity index (χ0v) is 15.5. The molecule has 25 heavy (non-hydrogen) atoms. The highest BCUT2D eigenvalue weighted by molar-refractivity contribution is 7.92. The first-order chi connectivity index (χ1) is 11.2. The molecule has 1 heterocycles. The summed E-state index contributed by atoms with van der Waals surface area (Å²) in [4.78, 5) is 0. The lowest BCUT2D eigenvalue weighted by Gasteiger charge is -2.32. The highest BCUT2D eigenvalue weighted by Crippen LogP contribution is 2.38. The van der Waals surface area contributed by atoms with E-state index in [0.29, 0.717) is 0 Å². The number of benzene rings is 1. The van der Waals surface area contributed by atoms with Crippen molar-refractivity contribution in [1.29, 1.82) is 0 Å². The molecule has 2 rings (SSSR count). The first-order valence-corrected chi connectivity index (χ1v) is 9.41. The summed E-state index contributed by atoms with van der Waals surface area (Å²) in [5, 5.41) is 0. The smallest absolute Gasteiger partial charge is 0.399 e. The van der Waals surface area contributed by atoms with Crippen molar-refractivity contribution < 1.29 is 30.9 Å². The van der Waals surface area contributed by atoms with Gasteiger partial charge in [-0.3, -0.25) is 4.72 Å². The Morgan fingerprint density at radius 3 is 2.08 bits per heavy atom. The third-order valence-electron chi connectivity index (χ3n) is 4.52. The Morgan fingerprint density at radius 2 is 1.64 bits per heavy atom. The quantitative estimate of drug-likeness (QED) is 0.818. The van der Waals surface area contributed by atoms with Crippen LogP contribution in [-0.2, 0) is 25.5 Å². The first-order valence-electron chi connectivity index (χ1n) is 7.76. The lowest BCUT2D eigenvalue weighted by atomic mass is 9.75. The maximum Gasteiger partial charge on any atom is 0.495 e. The Hall–Kier alpha value is -1.26. The van der Waals surface area contributed by atoms with Gasteiger partial charge in [-0.05, 0) is 52.2 Å². The molecule has 1 saturated heterocycles. The molecular weight excluding hydrogens is 358 g/mol. The van der Waals surface area contributed by atoms with Crippen LogP contribution >= 0.6 is 0 Å². The third-order valence-corrected chi connectivity index (χ3v) is 5.83. The molecular formula is C15H21BF3NO4S. The number of sulfonamides is 1. The Bertz CT molecular complexity index is 747. The SMILES string of the molecule is CCS(=O)(=O)Nc1ccc(B2OC(C)(C)C(C)(C)O2)c(C(F)(F)F)c1. The second-order valence-electron chi connectivity index (χ2n) is 6.89. The zero-order valence-electron chi connectivity index (χ0n) is 14.7. The van der Waals surface area contributed by atoms with Crippen molar-refractivity contribution in [1.82, 2.24) is 0 Å². The molecule has 0 radical (unpaired) electrons. The van der Waals surface area contributed by atoms with E-state index in [1.54, 1.807) is 27.7 Å². The molecule has 0 aromatic heterocycles. The van der Waals surface area contributed by atoms with E-state index in [2.05, 4.69) is 4.72 Å². The van der Waals surface area contributed by atoms with Gasteiger partial charge in [0.2, 0.25) is 10.0 Å². The standard InChI is InChI=1S/C15H21BF3NO4S/c1-6-25(21,22)20-10-7-8-12(11(9-10)15(17,18)19)16-23-13(2,3)14(4,5)24-16/h7-9,20H,6H2,1-5H3. The predicted molar refractivity (Wildman–Crippen MR) is 90.2 cm³/mol. The molecule has 0 atom stereocenters. The Morgan fingerprint density at radius 1 is 1.12 bits per heavy atom. The summed E-state index contributed by atoms with van der Waals surface area (Å²) in [6, 6.07) is 3.20. The molecule has 140 valence electrons. The van der Waals surface area contributed by atoms with Crippen LogP contribution in [0.1, 0.15) is 40.2 Å². The van der Waals surface area contributed by atoms with Gasteiger partial charge in [0.05, 0.1) is 22.5 Å². The third kappa shape index (κ3) is 4.12. The second kappa shape index (κ2) is 6.17. The largest absolute Gasteiger partial charge is 0.495 e. The lowest BCUT2D eigenvalue weighted by Crippen LogP contribution is -2.41. The Kier molecular flexibility index (Phi) is 4.95. The molecule has 1 aliphatic rings. The monoisotopic (exact) mass is 379 g/mol. The minimum absolute atomic E-state index is 0.158. The summed E-state index contributed by atoms with van der Waals surface area (Å²) in [7, 11) is -4.88. The van der Waals surface area contributed by atoms with Gasteiger partial charge in [-0.25, -0.2) is 8.42 Å². The number of anilines is 1. The summed E-state index contributed by atoms with van der Waals surface area (Å²) in [5.41, 5.74) is -2.92. The zero-order chi connectivity index (χ0) is 19.3. The van der Waals surface area contributed by atoms with Crippen molar-refractivity contribution in [3.63, 3.8) is 0 Å². The lowest BCUT2D eigenvalue weighted by molar-refractivity contribution is -0.136. The van der Waals surface area contributed by atoms with Gasteiger partial charge in [-0.2, -0.15) is 13.2 Å². The van der Waals surface area contributed by atoms with Gasteiger partial charge in [0.25, 0.3) is 0 Å². The molecule has 1 aromatic carbocycles. The first kappa shape index (κ1) is 20.1. The van der Waals surface area contributed by atoms with E-state index in [0.717, 1.165) is 6.07 Å². The van der Waals surface area contributed by atoms with Crippen LogP contribution in [0, 0.1) is 0 Å². The summed E-state index contributed by atoms with van der Waals surface area (Å²) in [6.07, 6.45) is -4.69.